The van der Waals surface area contributed by atoms with Crippen LogP contribution in [0.5, 0.6) is 23.0 Å². The highest BCUT2D eigenvalue weighted by Crippen LogP contribution is 2.32. The number of anilines is 1. The van der Waals surface area contributed by atoms with E-state index in [0.29, 0.717) is 37.2 Å². The Morgan fingerprint density at radius 1 is 1.00 bits per heavy atom. The third-order valence-corrected chi connectivity index (χ3v) is 4.14. The molecule has 2 aromatic rings. The van der Waals surface area contributed by atoms with Gasteiger partial charge >= 0.3 is 0 Å². The summed E-state index contributed by atoms with van der Waals surface area (Å²) in [6.07, 6.45) is 0.881. The highest BCUT2D eigenvalue weighted by atomic mass is 127. The van der Waals surface area contributed by atoms with E-state index in [9.17, 15) is 0 Å². The molecule has 0 unspecified atom stereocenters. The Morgan fingerprint density at radius 2 is 1.75 bits per heavy atom. The number of fused-ring (bicyclic) bond motifs is 1. The SMILES string of the molecule is CN=C(NCc1ccc(OC)c(OC)c1)Nc1ccc2c(c1)OCCCO2.I. The van der Waals surface area contributed by atoms with Crippen molar-refractivity contribution in [1.29, 1.82) is 0 Å². The zero-order chi connectivity index (χ0) is 19.1. The molecule has 0 atom stereocenters. The number of aliphatic imine (C=N–C) groups is 1. The van der Waals surface area contributed by atoms with E-state index in [1.807, 2.05) is 36.4 Å². The fourth-order valence-electron chi connectivity index (χ4n) is 2.73. The highest BCUT2D eigenvalue weighted by Gasteiger charge is 2.11. The molecular weight excluding hydrogens is 473 g/mol. The second-order valence-corrected chi connectivity index (χ2v) is 5.95. The largest absolute Gasteiger partial charge is 0.493 e. The van der Waals surface area contributed by atoms with Crippen LogP contribution in [0.3, 0.4) is 0 Å². The van der Waals surface area contributed by atoms with Gasteiger partial charge in [0.25, 0.3) is 0 Å². The van der Waals surface area contributed by atoms with Crippen LogP contribution in [0.15, 0.2) is 41.4 Å². The van der Waals surface area contributed by atoms with Gasteiger partial charge in [-0.25, -0.2) is 0 Å². The summed E-state index contributed by atoms with van der Waals surface area (Å²) in [5, 5.41) is 6.55. The molecule has 0 fully saturated rings. The Bertz CT molecular complexity index is 814. The molecule has 0 spiro atoms. The molecule has 1 heterocycles. The maximum Gasteiger partial charge on any atom is 0.195 e. The van der Waals surface area contributed by atoms with Gasteiger partial charge in [-0.15, -0.1) is 24.0 Å². The van der Waals surface area contributed by atoms with Gasteiger partial charge in [0, 0.05) is 31.8 Å². The molecule has 7 nitrogen and oxygen atoms in total. The van der Waals surface area contributed by atoms with E-state index in [0.717, 1.165) is 29.2 Å². The molecule has 3 rings (SSSR count). The molecular formula is C20H26IN3O4. The maximum absolute atomic E-state index is 5.73. The van der Waals surface area contributed by atoms with E-state index >= 15 is 0 Å². The number of benzene rings is 2. The van der Waals surface area contributed by atoms with Gasteiger partial charge in [-0.1, -0.05) is 6.07 Å². The topological polar surface area (TPSA) is 73.3 Å². The number of guanidine groups is 1. The summed E-state index contributed by atoms with van der Waals surface area (Å²) in [5.41, 5.74) is 1.92. The van der Waals surface area contributed by atoms with Gasteiger partial charge < -0.3 is 29.6 Å². The zero-order valence-electron chi connectivity index (χ0n) is 16.3. The third kappa shape index (κ3) is 5.57. The first kappa shape index (κ1) is 21.9. The average Bonchev–Trinajstić information content (AvgIpc) is 2.95. The predicted octanol–water partition coefficient (Wildman–Crippen LogP) is 3.67. The van der Waals surface area contributed by atoms with E-state index in [1.165, 1.54) is 0 Å². The summed E-state index contributed by atoms with van der Waals surface area (Å²) in [6, 6.07) is 11.6. The minimum atomic E-state index is 0. The first-order valence-corrected chi connectivity index (χ1v) is 8.81. The minimum absolute atomic E-state index is 0. The number of halogens is 1. The Balaban J connectivity index is 0.00000280. The predicted molar refractivity (Wildman–Crippen MR) is 121 cm³/mol. The highest BCUT2D eigenvalue weighted by molar-refractivity contribution is 14.0. The summed E-state index contributed by atoms with van der Waals surface area (Å²) in [4.78, 5) is 4.27. The third-order valence-electron chi connectivity index (χ3n) is 4.14. The average molecular weight is 499 g/mol. The van der Waals surface area contributed by atoms with Crippen molar-refractivity contribution in [1.82, 2.24) is 5.32 Å². The standard InChI is InChI=1S/C20H25N3O4.HI/c1-21-20(22-13-14-5-7-16(24-2)18(11-14)25-3)23-15-6-8-17-19(12-15)27-10-4-9-26-17;/h5-8,11-12H,4,9-10,13H2,1-3H3,(H2,21,22,23);1H. The van der Waals surface area contributed by atoms with Crippen molar-refractivity contribution < 1.29 is 18.9 Å². The first-order valence-electron chi connectivity index (χ1n) is 8.81. The molecule has 0 saturated carbocycles. The van der Waals surface area contributed by atoms with Crippen molar-refractivity contribution in [2.75, 3.05) is 39.8 Å². The fraction of sp³-hybridized carbons (Fsp3) is 0.350. The van der Waals surface area contributed by atoms with E-state index in [-0.39, 0.29) is 24.0 Å². The van der Waals surface area contributed by atoms with Gasteiger partial charge in [-0.05, 0) is 29.8 Å². The molecule has 1 aliphatic rings. The van der Waals surface area contributed by atoms with Gasteiger partial charge in [-0.2, -0.15) is 0 Å². The van der Waals surface area contributed by atoms with E-state index < -0.39 is 0 Å². The molecule has 2 aromatic carbocycles. The quantitative estimate of drug-likeness (QED) is 0.372. The first-order chi connectivity index (χ1) is 13.2. The smallest absolute Gasteiger partial charge is 0.195 e. The molecule has 0 bridgehead atoms. The van der Waals surface area contributed by atoms with Gasteiger partial charge in [-0.3, -0.25) is 4.99 Å². The Labute approximate surface area is 182 Å². The van der Waals surface area contributed by atoms with Crippen LogP contribution in [0.1, 0.15) is 12.0 Å². The molecule has 8 heteroatoms. The van der Waals surface area contributed by atoms with E-state index in [4.69, 9.17) is 18.9 Å². The lowest BCUT2D eigenvalue weighted by Crippen LogP contribution is -2.30. The fourth-order valence-corrected chi connectivity index (χ4v) is 2.73. The Kier molecular flexibility index (Phi) is 8.49. The van der Waals surface area contributed by atoms with Gasteiger partial charge in [0.15, 0.2) is 29.0 Å². The van der Waals surface area contributed by atoms with Crippen LogP contribution in [0.2, 0.25) is 0 Å². The van der Waals surface area contributed by atoms with Crippen molar-refractivity contribution >= 4 is 35.6 Å². The summed E-state index contributed by atoms with van der Waals surface area (Å²) in [6.45, 7) is 1.92. The summed E-state index contributed by atoms with van der Waals surface area (Å²) in [7, 11) is 4.98. The second-order valence-electron chi connectivity index (χ2n) is 5.95. The van der Waals surface area contributed by atoms with Crippen LogP contribution in [0.25, 0.3) is 0 Å². The van der Waals surface area contributed by atoms with Crippen LogP contribution in [-0.4, -0.2) is 40.4 Å². The van der Waals surface area contributed by atoms with Crippen LogP contribution in [-0.2, 0) is 6.54 Å². The molecule has 28 heavy (non-hydrogen) atoms. The molecule has 0 aliphatic carbocycles. The number of hydrogen-bond acceptors (Lipinski definition) is 5. The van der Waals surface area contributed by atoms with E-state index in [1.54, 1.807) is 21.3 Å². The number of nitrogens with one attached hydrogen (secondary N) is 2. The molecule has 0 radical (unpaired) electrons. The lowest BCUT2D eigenvalue weighted by molar-refractivity contribution is 0.297. The zero-order valence-corrected chi connectivity index (χ0v) is 18.6. The van der Waals surface area contributed by atoms with Crippen molar-refractivity contribution in [3.05, 3.63) is 42.0 Å². The molecule has 0 aromatic heterocycles. The molecule has 2 N–H and O–H groups in total. The van der Waals surface area contributed by atoms with Gasteiger partial charge in [0.1, 0.15) is 0 Å². The Morgan fingerprint density at radius 3 is 2.46 bits per heavy atom. The summed E-state index contributed by atoms with van der Waals surface area (Å²) >= 11 is 0. The van der Waals surface area contributed by atoms with Gasteiger partial charge in [0.2, 0.25) is 0 Å². The molecule has 152 valence electrons. The van der Waals surface area contributed by atoms with Crippen LogP contribution in [0.4, 0.5) is 5.69 Å². The Hall–Kier alpha value is -2.36. The second kappa shape index (κ2) is 10.8. The number of methoxy groups -OCH3 is 2. The lowest BCUT2D eigenvalue weighted by Gasteiger charge is -2.15. The monoisotopic (exact) mass is 499 g/mol. The summed E-state index contributed by atoms with van der Waals surface area (Å²) in [5.74, 6) is 3.57. The number of rotatable bonds is 5. The number of hydrogen-bond donors (Lipinski definition) is 2. The number of nitrogens with zero attached hydrogens (tertiary/aromatic N) is 1. The van der Waals surface area contributed by atoms with Gasteiger partial charge in [0.05, 0.1) is 27.4 Å². The molecule has 0 saturated heterocycles. The van der Waals surface area contributed by atoms with Crippen molar-refractivity contribution in [3.63, 3.8) is 0 Å². The molecule has 0 amide bonds. The number of ether oxygens (including phenoxy) is 4. The van der Waals surface area contributed by atoms with Crippen molar-refractivity contribution in [2.24, 2.45) is 4.99 Å². The lowest BCUT2D eigenvalue weighted by atomic mass is 10.2. The molecule has 1 aliphatic heterocycles. The minimum Gasteiger partial charge on any atom is -0.493 e. The van der Waals surface area contributed by atoms with Crippen LogP contribution in [0, 0.1) is 0 Å². The maximum atomic E-state index is 5.73. The normalized spacial score (nSPS) is 13.0. The van der Waals surface area contributed by atoms with Crippen LogP contribution >= 0.6 is 24.0 Å². The van der Waals surface area contributed by atoms with E-state index in [2.05, 4.69) is 15.6 Å². The van der Waals surface area contributed by atoms with Crippen LogP contribution < -0.4 is 29.6 Å². The summed E-state index contributed by atoms with van der Waals surface area (Å²) < 4.78 is 22.0. The van der Waals surface area contributed by atoms with Crippen molar-refractivity contribution in [2.45, 2.75) is 13.0 Å². The van der Waals surface area contributed by atoms with Crippen molar-refractivity contribution in [3.8, 4) is 23.0 Å².